The molecule has 6 aromatic rings. The fourth-order valence-corrected chi connectivity index (χ4v) is 4.46. The molecule has 0 unspecified atom stereocenters. The number of pyridine rings is 3. The van der Waals surface area contributed by atoms with Crippen LogP contribution in [-0.4, -0.2) is 16.5 Å². The van der Waals surface area contributed by atoms with Crippen molar-refractivity contribution >= 4 is 49.2 Å². The molecule has 3 aromatic carbocycles. The number of rotatable bonds is 4. The van der Waals surface area contributed by atoms with E-state index in [9.17, 15) is 0 Å². The zero-order valence-electron chi connectivity index (χ0n) is 17.4. The Morgan fingerprint density at radius 3 is 2.28 bits per heavy atom. The molecule has 156 valence electrons. The third kappa shape index (κ3) is 3.45. The monoisotopic (exact) mass is 480 g/mol. The molecular formula is C27H21BrN4. The van der Waals surface area contributed by atoms with Crippen molar-refractivity contribution in [3.8, 4) is 0 Å². The van der Waals surface area contributed by atoms with E-state index in [-0.39, 0.29) is 17.0 Å². The summed E-state index contributed by atoms with van der Waals surface area (Å²) < 4.78 is 2.34. The van der Waals surface area contributed by atoms with E-state index in [1.54, 1.807) is 0 Å². The predicted octanol–water partition coefficient (Wildman–Crippen LogP) is 2.49. The highest BCUT2D eigenvalue weighted by Gasteiger charge is 2.13. The Bertz CT molecular complexity index is 1460. The maximum Gasteiger partial charge on any atom is 0.213 e. The molecule has 0 amide bonds. The van der Waals surface area contributed by atoms with Crippen LogP contribution in [0.2, 0.25) is 0 Å². The van der Waals surface area contributed by atoms with Crippen molar-refractivity contribution < 1.29 is 21.5 Å². The minimum absolute atomic E-state index is 0. The molecule has 0 aliphatic carbocycles. The average molecular weight is 481 g/mol. The molecular weight excluding hydrogens is 460 g/mol. The average Bonchev–Trinajstić information content (AvgIpc) is 2.84. The molecule has 5 heteroatoms. The number of fused-ring (bicyclic) bond motifs is 6. The van der Waals surface area contributed by atoms with Gasteiger partial charge in [0.15, 0.2) is 12.7 Å². The lowest BCUT2D eigenvalue weighted by Gasteiger charge is -2.11. The van der Waals surface area contributed by atoms with Crippen molar-refractivity contribution in [3.05, 3.63) is 97.5 Å². The van der Waals surface area contributed by atoms with E-state index < -0.39 is 0 Å². The molecule has 0 saturated carbocycles. The third-order valence-electron chi connectivity index (χ3n) is 5.89. The van der Waals surface area contributed by atoms with Gasteiger partial charge in [0.05, 0.1) is 23.0 Å². The van der Waals surface area contributed by atoms with Gasteiger partial charge in [-0.25, -0.2) is 0 Å². The molecule has 0 aliphatic rings. The van der Waals surface area contributed by atoms with E-state index in [0.717, 1.165) is 40.6 Å². The third-order valence-corrected chi connectivity index (χ3v) is 5.89. The summed E-state index contributed by atoms with van der Waals surface area (Å²) in [5.41, 5.74) is 4.22. The second kappa shape index (κ2) is 8.52. The van der Waals surface area contributed by atoms with E-state index >= 15 is 0 Å². The van der Waals surface area contributed by atoms with Crippen LogP contribution in [0.4, 0.5) is 5.69 Å². The van der Waals surface area contributed by atoms with Gasteiger partial charge in [-0.1, -0.05) is 36.4 Å². The first-order valence-electron chi connectivity index (χ1n) is 10.5. The van der Waals surface area contributed by atoms with E-state index in [0.29, 0.717) is 0 Å². The second-order valence-electron chi connectivity index (χ2n) is 7.75. The number of aromatic nitrogens is 3. The summed E-state index contributed by atoms with van der Waals surface area (Å²) in [6.45, 7) is 1.67. The van der Waals surface area contributed by atoms with Crippen LogP contribution < -0.4 is 26.9 Å². The highest BCUT2D eigenvalue weighted by atomic mass is 79.9. The lowest BCUT2D eigenvalue weighted by molar-refractivity contribution is -0.666. The summed E-state index contributed by atoms with van der Waals surface area (Å²) in [5, 5.41) is 9.68. The Labute approximate surface area is 196 Å². The molecule has 0 atom stereocenters. The van der Waals surface area contributed by atoms with Crippen LogP contribution in [0.5, 0.6) is 0 Å². The van der Waals surface area contributed by atoms with Gasteiger partial charge in [0, 0.05) is 45.7 Å². The molecule has 1 N–H and O–H groups in total. The fourth-order valence-electron chi connectivity index (χ4n) is 4.46. The summed E-state index contributed by atoms with van der Waals surface area (Å²) >= 11 is 0. The van der Waals surface area contributed by atoms with Gasteiger partial charge in [0.1, 0.15) is 0 Å². The minimum atomic E-state index is 0. The van der Waals surface area contributed by atoms with Gasteiger partial charge in [-0.2, -0.15) is 4.57 Å². The smallest absolute Gasteiger partial charge is 0.213 e. The molecule has 32 heavy (non-hydrogen) atoms. The van der Waals surface area contributed by atoms with Crippen LogP contribution in [0, 0.1) is 0 Å². The Balaban J connectivity index is 0.00000216. The number of anilines is 1. The lowest BCUT2D eigenvalue weighted by atomic mass is 10.1. The van der Waals surface area contributed by atoms with Gasteiger partial charge >= 0.3 is 0 Å². The van der Waals surface area contributed by atoms with Crippen LogP contribution in [0.1, 0.15) is 0 Å². The van der Waals surface area contributed by atoms with Crippen molar-refractivity contribution in [2.45, 2.75) is 6.54 Å². The highest BCUT2D eigenvalue weighted by molar-refractivity contribution is 6.09. The van der Waals surface area contributed by atoms with Gasteiger partial charge in [-0.15, -0.1) is 0 Å². The SMILES string of the molecule is [Br-].c1ccc2c(c1)c[n+](CCNc1cc3cccnc3c3ncccc13)c1ccccc21. The first-order valence-corrected chi connectivity index (χ1v) is 10.5. The van der Waals surface area contributed by atoms with Gasteiger partial charge in [-0.3, -0.25) is 9.97 Å². The zero-order valence-corrected chi connectivity index (χ0v) is 19.0. The largest absolute Gasteiger partial charge is 1.00 e. The summed E-state index contributed by atoms with van der Waals surface area (Å²) in [4.78, 5) is 9.15. The summed E-state index contributed by atoms with van der Waals surface area (Å²) in [5.74, 6) is 0. The first-order chi connectivity index (χ1) is 15.4. The van der Waals surface area contributed by atoms with E-state index in [2.05, 4.69) is 92.8 Å². The van der Waals surface area contributed by atoms with Crippen molar-refractivity contribution in [1.29, 1.82) is 0 Å². The number of nitrogens with one attached hydrogen (secondary N) is 1. The van der Waals surface area contributed by atoms with Crippen molar-refractivity contribution in [3.63, 3.8) is 0 Å². The molecule has 0 saturated heterocycles. The number of para-hydroxylation sites is 1. The molecule has 6 rings (SSSR count). The quantitative estimate of drug-likeness (QED) is 0.311. The van der Waals surface area contributed by atoms with Crippen LogP contribution in [0.15, 0.2) is 97.5 Å². The van der Waals surface area contributed by atoms with Crippen molar-refractivity contribution in [2.24, 2.45) is 0 Å². The number of nitrogens with zero attached hydrogens (tertiary/aromatic N) is 3. The summed E-state index contributed by atoms with van der Waals surface area (Å²) in [7, 11) is 0. The summed E-state index contributed by atoms with van der Waals surface area (Å²) in [6, 6.07) is 27.5. The minimum Gasteiger partial charge on any atom is -1.00 e. The van der Waals surface area contributed by atoms with Gasteiger partial charge in [-0.05, 0) is 36.4 Å². The van der Waals surface area contributed by atoms with E-state index in [4.69, 9.17) is 0 Å². The second-order valence-corrected chi connectivity index (χ2v) is 7.75. The Morgan fingerprint density at radius 1 is 0.688 bits per heavy atom. The standard InChI is InChI=1S/C27H21N4.BrH/c1-2-9-21-20(7-1)18-31(25-12-4-3-10-22(21)25)16-15-28-24-17-19-8-5-13-29-26(19)27-23(24)11-6-14-30-27;/h1-14,17-18,28H,15-16H2;1H/q+1;/p-1. The Morgan fingerprint density at radius 2 is 1.38 bits per heavy atom. The fraction of sp³-hybridized carbons (Fsp3) is 0.0741. The molecule has 0 fully saturated rings. The first kappa shape index (κ1) is 20.3. The van der Waals surface area contributed by atoms with Gasteiger partial charge < -0.3 is 22.3 Å². The zero-order chi connectivity index (χ0) is 20.6. The van der Waals surface area contributed by atoms with E-state index in [1.807, 2.05) is 24.5 Å². The van der Waals surface area contributed by atoms with Crippen LogP contribution >= 0.6 is 0 Å². The summed E-state index contributed by atoms with van der Waals surface area (Å²) in [6.07, 6.45) is 5.91. The molecule has 3 heterocycles. The van der Waals surface area contributed by atoms with Crippen LogP contribution in [0.3, 0.4) is 0 Å². The molecule has 0 radical (unpaired) electrons. The molecule has 0 bridgehead atoms. The molecule has 4 nitrogen and oxygen atoms in total. The Hall–Kier alpha value is -3.57. The van der Waals surface area contributed by atoms with Crippen molar-refractivity contribution in [1.82, 2.24) is 9.97 Å². The molecule has 0 spiro atoms. The van der Waals surface area contributed by atoms with Crippen LogP contribution in [-0.2, 0) is 6.54 Å². The number of hydrogen-bond acceptors (Lipinski definition) is 3. The lowest BCUT2D eigenvalue weighted by Crippen LogP contribution is -3.00. The maximum absolute atomic E-state index is 4.60. The highest BCUT2D eigenvalue weighted by Crippen LogP contribution is 2.29. The number of hydrogen-bond donors (Lipinski definition) is 1. The number of benzene rings is 3. The number of halogens is 1. The van der Waals surface area contributed by atoms with Crippen molar-refractivity contribution in [2.75, 3.05) is 11.9 Å². The van der Waals surface area contributed by atoms with Gasteiger partial charge in [0.25, 0.3) is 0 Å². The maximum atomic E-state index is 4.60. The van der Waals surface area contributed by atoms with Crippen LogP contribution in [0.25, 0.3) is 43.5 Å². The molecule has 0 aliphatic heterocycles. The predicted molar refractivity (Wildman–Crippen MR) is 127 cm³/mol. The Kier molecular flexibility index (Phi) is 5.41. The topological polar surface area (TPSA) is 41.7 Å². The van der Waals surface area contributed by atoms with Gasteiger partial charge in [0.2, 0.25) is 5.52 Å². The normalized spacial score (nSPS) is 11.1. The van der Waals surface area contributed by atoms with E-state index in [1.165, 1.54) is 21.7 Å². The molecule has 3 aromatic heterocycles.